The van der Waals surface area contributed by atoms with E-state index in [9.17, 15) is 44.7 Å². The molecular weight excluding hydrogens is 556 g/mol. The predicted molar refractivity (Wildman–Crippen MR) is 139 cm³/mol. The first-order chi connectivity index (χ1) is 20.0. The van der Waals surface area contributed by atoms with Crippen LogP contribution in [0, 0.1) is 0 Å². The molecule has 14 nitrogen and oxygen atoms in total. The number of hydrogen-bond acceptors (Lipinski definition) is 14. The molecule has 222 valence electrons. The lowest BCUT2D eigenvalue weighted by Crippen LogP contribution is -2.53. The SMILES string of the molecule is COc1cccc2c1C(=O)c1c(O)c3c(c(O)c1C2=O)C[C@@](O)(C(=O)CO)C[C@@H]3OC1CC(NN=C=O)C(O)C(C)O1. The van der Waals surface area contributed by atoms with Crippen LogP contribution in [0.4, 0.5) is 0 Å². The van der Waals surface area contributed by atoms with Crippen molar-refractivity contribution in [1.82, 2.24) is 5.43 Å². The molecule has 1 saturated heterocycles. The van der Waals surface area contributed by atoms with E-state index in [2.05, 4.69) is 10.5 Å². The molecule has 42 heavy (non-hydrogen) atoms. The Morgan fingerprint density at radius 2 is 1.90 bits per heavy atom. The maximum Gasteiger partial charge on any atom is 0.258 e. The summed E-state index contributed by atoms with van der Waals surface area (Å²) in [5, 5.41) is 57.5. The Hall–Kier alpha value is -4.17. The van der Waals surface area contributed by atoms with Gasteiger partial charge in [0.2, 0.25) is 5.78 Å². The van der Waals surface area contributed by atoms with E-state index in [0.717, 1.165) is 0 Å². The summed E-state index contributed by atoms with van der Waals surface area (Å²) in [5.74, 6) is -3.99. The quantitative estimate of drug-likeness (QED) is 0.0924. The second-order valence-corrected chi connectivity index (χ2v) is 10.4. The molecule has 4 unspecified atom stereocenters. The van der Waals surface area contributed by atoms with Crippen molar-refractivity contribution in [1.29, 1.82) is 0 Å². The number of hydrogen-bond donors (Lipinski definition) is 6. The number of hydrazone groups is 1. The summed E-state index contributed by atoms with van der Waals surface area (Å²) in [7, 11) is 1.31. The summed E-state index contributed by atoms with van der Waals surface area (Å²) in [6, 6.07) is 3.47. The van der Waals surface area contributed by atoms with Gasteiger partial charge in [0, 0.05) is 36.0 Å². The molecule has 0 bridgehead atoms. The largest absolute Gasteiger partial charge is 0.507 e. The van der Waals surface area contributed by atoms with Gasteiger partial charge in [-0.1, -0.05) is 17.2 Å². The van der Waals surface area contributed by atoms with E-state index in [1.807, 2.05) is 0 Å². The smallest absolute Gasteiger partial charge is 0.258 e. The summed E-state index contributed by atoms with van der Waals surface area (Å²) >= 11 is 0. The minimum Gasteiger partial charge on any atom is -0.507 e. The third-order valence-corrected chi connectivity index (χ3v) is 8.04. The Kier molecular flexibility index (Phi) is 7.62. The molecule has 0 aromatic heterocycles. The number of rotatable bonds is 7. The van der Waals surface area contributed by atoms with E-state index in [4.69, 9.17) is 14.2 Å². The van der Waals surface area contributed by atoms with Gasteiger partial charge in [-0.15, -0.1) is 0 Å². The minimum atomic E-state index is -2.30. The number of Topliss-reactive ketones (excluding diaryl/α,β-unsaturated/α-hetero) is 1. The lowest BCUT2D eigenvalue weighted by Gasteiger charge is -2.42. The number of nitrogens with one attached hydrogen (secondary N) is 1. The third-order valence-electron chi connectivity index (χ3n) is 8.04. The fourth-order valence-electron chi connectivity index (χ4n) is 5.95. The molecule has 5 rings (SSSR count). The summed E-state index contributed by atoms with van der Waals surface area (Å²) < 4.78 is 17.1. The zero-order chi connectivity index (χ0) is 30.5. The number of methoxy groups -OCH3 is 1. The Morgan fingerprint density at radius 3 is 2.57 bits per heavy atom. The average molecular weight is 585 g/mol. The number of nitrogens with zero attached hydrogens (tertiary/aromatic N) is 1. The van der Waals surface area contributed by atoms with Gasteiger partial charge in [-0.3, -0.25) is 19.8 Å². The molecule has 6 atom stereocenters. The van der Waals surface area contributed by atoms with Crippen molar-refractivity contribution < 1.29 is 58.9 Å². The first-order valence-corrected chi connectivity index (χ1v) is 13.0. The van der Waals surface area contributed by atoms with Crippen molar-refractivity contribution >= 4 is 23.4 Å². The molecule has 2 aromatic carbocycles. The third kappa shape index (κ3) is 4.54. The summed E-state index contributed by atoms with van der Waals surface area (Å²) in [6.07, 6.45) is -4.51. The molecule has 0 amide bonds. The van der Waals surface area contributed by atoms with Crippen LogP contribution in [0.1, 0.15) is 68.8 Å². The van der Waals surface area contributed by atoms with E-state index in [1.165, 1.54) is 38.3 Å². The number of isocyanates is 1. The summed E-state index contributed by atoms with van der Waals surface area (Å²) in [4.78, 5) is 50.5. The maximum atomic E-state index is 13.7. The molecule has 2 aromatic rings. The fraction of sp³-hybridized carbons (Fsp3) is 0.429. The standard InChI is InChI=1S/C28H28N2O12/c1-11-23(34)14(30-29-10-32)6-18(41-11)42-16-8-28(39,17(33)9-31)7-13-20(16)27(38)22-21(25(13)36)24(35)12-4-3-5-15(40-2)19(12)26(22)37/h3-5,11,14,16,18,23,30-31,34,36,38-39H,6-9H2,1-2H3/t11?,14?,16-,18?,23?,28-/m0/s1. The first kappa shape index (κ1) is 29.3. The molecule has 1 heterocycles. The van der Waals surface area contributed by atoms with Gasteiger partial charge in [-0.2, -0.15) is 0 Å². The van der Waals surface area contributed by atoms with Gasteiger partial charge in [0.1, 0.15) is 35.6 Å². The van der Waals surface area contributed by atoms with Crippen molar-refractivity contribution in [3.63, 3.8) is 0 Å². The molecule has 1 fully saturated rings. The van der Waals surface area contributed by atoms with Gasteiger partial charge in [-0.25, -0.2) is 4.79 Å². The molecule has 3 aliphatic rings. The van der Waals surface area contributed by atoms with Crippen LogP contribution in [-0.4, -0.2) is 92.8 Å². The minimum absolute atomic E-state index is 0.0727. The Balaban J connectivity index is 1.65. The number of benzene rings is 2. The maximum absolute atomic E-state index is 13.7. The monoisotopic (exact) mass is 584 g/mol. The lowest BCUT2D eigenvalue weighted by atomic mass is 9.72. The Morgan fingerprint density at radius 1 is 1.19 bits per heavy atom. The van der Waals surface area contributed by atoms with Crippen molar-refractivity contribution in [2.45, 2.75) is 62.4 Å². The molecule has 0 saturated carbocycles. The number of carbonyl (C=O) groups excluding carboxylic acids is 4. The van der Waals surface area contributed by atoms with E-state index in [-0.39, 0.29) is 34.4 Å². The molecular formula is C28H28N2O12. The zero-order valence-electron chi connectivity index (χ0n) is 22.5. The Labute approximate surface area is 238 Å². The number of ketones is 3. The van der Waals surface area contributed by atoms with Crippen molar-refractivity contribution in [3.05, 3.63) is 51.6 Å². The first-order valence-electron chi connectivity index (χ1n) is 13.0. The van der Waals surface area contributed by atoms with E-state index in [1.54, 1.807) is 0 Å². The van der Waals surface area contributed by atoms with Gasteiger partial charge in [-0.05, 0) is 13.0 Å². The highest BCUT2D eigenvalue weighted by molar-refractivity contribution is 6.31. The highest BCUT2D eigenvalue weighted by Crippen LogP contribution is 2.52. The van der Waals surface area contributed by atoms with Crippen LogP contribution in [0.5, 0.6) is 17.2 Å². The van der Waals surface area contributed by atoms with E-state index < -0.39 is 95.7 Å². The number of ether oxygens (including phenoxy) is 3. The van der Waals surface area contributed by atoms with Gasteiger partial charge >= 0.3 is 0 Å². The van der Waals surface area contributed by atoms with Crippen LogP contribution in [0.2, 0.25) is 0 Å². The van der Waals surface area contributed by atoms with Gasteiger partial charge in [0.25, 0.3) is 6.08 Å². The number of phenolic OH excluding ortho intramolecular Hbond substituents is 2. The second kappa shape index (κ2) is 10.9. The van der Waals surface area contributed by atoms with E-state index >= 15 is 0 Å². The highest BCUT2D eigenvalue weighted by atomic mass is 16.7. The molecule has 6 N–H and O–H groups in total. The van der Waals surface area contributed by atoms with E-state index in [0.29, 0.717) is 0 Å². The average Bonchev–Trinajstić information content (AvgIpc) is 2.97. The van der Waals surface area contributed by atoms with Crippen LogP contribution in [0.25, 0.3) is 0 Å². The zero-order valence-corrected chi connectivity index (χ0v) is 22.5. The number of phenols is 2. The van der Waals surface area contributed by atoms with Crippen molar-refractivity contribution in [2.75, 3.05) is 13.7 Å². The lowest BCUT2D eigenvalue weighted by molar-refractivity contribution is -0.249. The van der Waals surface area contributed by atoms with Crippen LogP contribution < -0.4 is 10.2 Å². The number of aromatic hydroxyl groups is 2. The van der Waals surface area contributed by atoms with Gasteiger partial charge < -0.3 is 39.7 Å². The second-order valence-electron chi connectivity index (χ2n) is 10.4. The number of carbonyl (C=O) groups is 3. The predicted octanol–water partition coefficient (Wildman–Crippen LogP) is -0.117. The number of aliphatic hydroxyl groups excluding tert-OH is 2. The summed E-state index contributed by atoms with van der Waals surface area (Å²) in [5.41, 5.74) is -1.47. The van der Waals surface area contributed by atoms with Crippen molar-refractivity contribution in [2.24, 2.45) is 5.10 Å². The molecule has 1 aliphatic heterocycles. The topological polar surface area (TPSA) is 222 Å². The fourth-order valence-corrected chi connectivity index (χ4v) is 5.95. The summed E-state index contributed by atoms with van der Waals surface area (Å²) in [6.45, 7) is 0.467. The van der Waals surface area contributed by atoms with Crippen LogP contribution in [0.15, 0.2) is 23.3 Å². The molecule has 2 aliphatic carbocycles. The van der Waals surface area contributed by atoms with Crippen LogP contribution in [0.3, 0.4) is 0 Å². The molecule has 0 radical (unpaired) electrons. The molecule has 14 heteroatoms. The van der Waals surface area contributed by atoms with Crippen LogP contribution in [-0.2, 0) is 25.5 Å². The number of fused-ring (bicyclic) bond motifs is 3. The molecule has 0 spiro atoms. The Bertz CT molecular complexity index is 1530. The van der Waals surface area contributed by atoms with Crippen molar-refractivity contribution in [3.8, 4) is 17.2 Å². The van der Waals surface area contributed by atoms with Crippen LogP contribution >= 0.6 is 0 Å². The van der Waals surface area contributed by atoms with Gasteiger partial charge in [0.15, 0.2) is 17.9 Å². The van der Waals surface area contributed by atoms with Gasteiger partial charge in [0.05, 0.1) is 42.0 Å². The normalized spacial score (nSPS) is 28.2. The number of aliphatic hydroxyl groups is 3. The highest BCUT2D eigenvalue weighted by Gasteiger charge is 2.50.